The van der Waals surface area contributed by atoms with Gasteiger partial charge in [-0.3, -0.25) is 9.59 Å². The first kappa shape index (κ1) is 19.0. The van der Waals surface area contributed by atoms with Gasteiger partial charge in [-0.15, -0.1) is 0 Å². The summed E-state index contributed by atoms with van der Waals surface area (Å²) in [6, 6.07) is -1.83. The number of hydrogen-bond donors (Lipinski definition) is 5. The van der Waals surface area contributed by atoms with Crippen LogP contribution in [0.3, 0.4) is 0 Å². The van der Waals surface area contributed by atoms with Gasteiger partial charge in [0.2, 0.25) is 0 Å². The van der Waals surface area contributed by atoms with E-state index in [4.69, 9.17) is 15.3 Å². The van der Waals surface area contributed by atoms with Gasteiger partial charge in [0.15, 0.2) is 0 Å². The van der Waals surface area contributed by atoms with Crippen molar-refractivity contribution in [1.82, 2.24) is 10.6 Å². The fraction of sp³-hybridized carbons (Fsp3) is 0.600. The molecule has 0 aliphatic carbocycles. The Kier molecular flexibility index (Phi) is 10.8. The van der Waals surface area contributed by atoms with E-state index in [9.17, 15) is 19.2 Å². The summed E-state index contributed by atoms with van der Waals surface area (Å²) in [5.74, 6) is -3.10. The van der Waals surface area contributed by atoms with Crippen LogP contribution in [0.1, 0.15) is 26.2 Å². The third-order valence-corrected chi connectivity index (χ3v) is 1.78. The highest BCUT2D eigenvalue weighted by molar-refractivity contribution is 5.82. The van der Waals surface area contributed by atoms with Crippen molar-refractivity contribution in [3.63, 3.8) is 0 Å². The van der Waals surface area contributed by atoms with Crippen LogP contribution in [0, 0.1) is 0 Å². The maximum atomic E-state index is 10.7. The Balaban J connectivity index is 0. The average Bonchev–Trinajstić information content (AvgIpc) is 2.34. The lowest BCUT2D eigenvalue weighted by atomic mass is 10.1. The Labute approximate surface area is 109 Å². The number of carbonyl (C=O) groups excluding carboxylic acids is 1. The third-order valence-electron chi connectivity index (χ3n) is 1.78. The summed E-state index contributed by atoms with van der Waals surface area (Å²) in [7, 11) is 1.34. The highest BCUT2D eigenvalue weighted by Crippen LogP contribution is 1.97. The fourth-order valence-corrected chi connectivity index (χ4v) is 0.756. The van der Waals surface area contributed by atoms with Gasteiger partial charge in [0, 0.05) is 19.9 Å². The first-order valence-corrected chi connectivity index (χ1v) is 5.39. The van der Waals surface area contributed by atoms with Gasteiger partial charge in [0.05, 0.1) is 0 Å². The Hall–Kier alpha value is -2.32. The number of nitrogens with one attached hydrogen (secondary N) is 2. The first-order valence-electron chi connectivity index (χ1n) is 5.39. The van der Waals surface area contributed by atoms with Crippen molar-refractivity contribution < 1.29 is 34.5 Å². The molecule has 0 bridgehead atoms. The molecule has 0 rings (SSSR count). The molecule has 19 heavy (non-hydrogen) atoms. The maximum absolute atomic E-state index is 10.7. The Morgan fingerprint density at radius 1 is 1.05 bits per heavy atom. The van der Waals surface area contributed by atoms with Crippen molar-refractivity contribution in [2.45, 2.75) is 32.2 Å². The molecule has 0 radical (unpaired) electrons. The SMILES string of the molecule is CCC(=O)O.CNC(=O)NC(CCC(=O)O)C(=O)O. The summed E-state index contributed by atoms with van der Waals surface area (Å²) in [4.78, 5) is 40.8. The van der Waals surface area contributed by atoms with Gasteiger partial charge in [0.25, 0.3) is 0 Å². The lowest BCUT2D eigenvalue weighted by Crippen LogP contribution is -2.45. The van der Waals surface area contributed by atoms with E-state index in [1.165, 1.54) is 7.05 Å². The molecule has 1 unspecified atom stereocenters. The molecule has 0 fully saturated rings. The van der Waals surface area contributed by atoms with Gasteiger partial charge in [-0.25, -0.2) is 9.59 Å². The van der Waals surface area contributed by atoms with Crippen LogP contribution in [0.2, 0.25) is 0 Å². The Morgan fingerprint density at radius 3 is 1.79 bits per heavy atom. The monoisotopic (exact) mass is 278 g/mol. The molecule has 0 aromatic heterocycles. The minimum Gasteiger partial charge on any atom is -0.481 e. The van der Waals surface area contributed by atoms with Crippen molar-refractivity contribution >= 4 is 23.9 Å². The molecule has 2 amide bonds. The van der Waals surface area contributed by atoms with Gasteiger partial charge < -0.3 is 26.0 Å². The number of carboxylic acid groups (broad SMARTS) is 3. The zero-order chi connectivity index (χ0) is 15.4. The number of carboxylic acids is 3. The lowest BCUT2D eigenvalue weighted by Gasteiger charge is -2.12. The molecule has 0 saturated carbocycles. The molecule has 0 aliphatic rings. The molecule has 110 valence electrons. The number of hydrogen-bond acceptors (Lipinski definition) is 4. The zero-order valence-corrected chi connectivity index (χ0v) is 10.7. The molecule has 0 saturated heterocycles. The second-order valence-corrected chi connectivity index (χ2v) is 3.29. The van der Waals surface area contributed by atoms with Crippen molar-refractivity contribution in [3.05, 3.63) is 0 Å². The molecule has 0 spiro atoms. The second kappa shape index (κ2) is 10.8. The number of aliphatic carboxylic acids is 3. The van der Waals surface area contributed by atoms with E-state index in [2.05, 4.69) is 10.6 Å². The highest BCUT2D eigenvalue weighted by atomic mass is 16.4. The second-order valence-electron chi connectivity index (χ2n) is 3.29. The Morgan fingerprint density at radius 2 is 1.53 bits per heavy atom. The van der Waals surface area contributed by atoms with Crippen LogP contribution in [0.25, 0.3) is 0 Å². The fourth-order valence-electron chi connectivity index (χ4n) is 0.756. The third kappa shape index (κ3) is 13.6. The van der Waals surface area contributed by atoms with Gasteiger partial charge in [-0.05, 0) is 6.42 Å². The normalized spacial score (nSPS) is 10.4. The average molecular weight is 278 g/mol. The molecule has 5 N–H and O–H groups in total. The van der Waals surface area contributed by atoms with Crippen molar-refractivity contribution in [2.75, 3.05) is 7.05 Å². The quantitative estimate of drug-likeness (QED) is 0.447. The van der Waals surface area contributed by atoms with E-state index < -0.39 is 30.0 Å². The molecule has 1 atom stereocenters. The van der Waals surface area contributed by atoms with Crippen LogP contribution >= 0.6 is 0 Å². The zero-order valence-electron chi connectivity index (χ0n) is 10.7. The summed E-state index contributed by atoms with van der Waals surface area (Å²) in [6.07, 6.45) is -0.223. The van der Waals surface area contributed by atoms with Gasteiger partial charge >= 0.3 is 23.9 Å². The van der Waals surface area contributed by atoms with E-state index in [1.807, 2.05) is 0 Å². The lowest BCUT2D eigenvalue weighted by molar-refractivity contribution is -0.140. The van der Waals surface area contributed by atoms with Crippen molar-refractivity contribution in [3.8, 4) is 0 Å². The Bertz CT molecular complexity index is 330. The van der Waals surface area contributed by atoms with E-state index >= 15 is 0 Å². The maximum Gasteiger partial charge on any atom is 0.326 e. The van der Waals surface area contributed by atoms with Crippen LogP contribution in [0.15, 0.2) is 0 Å². The first-order chi connectivity index (χ1) is 8.74. The summed E-state index contributed by atoms with van der Waals surface area (Å²) in [5, 5.41) is 28.9. The van der Waals surface area contributed by atoms with Crippen LogP contribution in [0.5, 0.6) is 0 Å². The van der Waals surface area contributed by atoms with Crippen LogP contribution in [-0.4, -0.2) is 52.3 Å². The predicted octanol–water partition coefficient (Wildman–Crippen LogP) is -0.286. The number of carbonyl (C=O) groups is 4. The number of urea groups is 1. The van der Waals surface area contributed by atoms with Crippen LogP contribution in [0.4, 0.5) is 4.79 Å². The standard InChI is InChI=1S/C7H12N2O5.C3H6O2/c1-8-7(14)9-4(6(12)13)2-3-5(10)11;1-2-3(4)5/h4H,2-3H2,1H3,(H,10,11)(H,12,13)(H2,8,9,14);2H2,1H3,(H,4,5). The molecule has 9 heteroatoms. The van der Waals surface area contributed by atoms with Gasteiger partial charge in [-0.2, -0.15) is 0 Å². The van der Waals surface area contributed by atoms with Gasteiger partial charge in [0.1, 0.15) is 6.04 Å². The summed E-state index contributed by atoms with van der Waals surface area (Å²) in [5.41, 5.74) is 0. The molecule has 0 heterocycles. The largest absolute Gasteiger partial charge is 0.481 e. The predicted molar refractivity (Wildman–Crippen MR) is 63.8 cm³/mol. The molecule has 0 aliphatic heterocycles. The van der Waals surface area contributed by atoms with Crippen molar-refractivity contribution in [2.24, 2.45) is 0 Å². The molecule has 0 aromatic carbocycles. The summed E-state index contributed by atoms with van der Waals surface area (Å²) in [6.45, 7) is 1.60. The van der Waals surface area contributed by atoms with Crippen LogP contribution in [-0.2, 0) is 14.4 Å². The van der Waals surface area contributed by atoms with E-state index in [1.54, 1.807) is 6.92 Å². The van der Waals surface area contributed by atoms with Gasteiger partial charge in [-0.1, -0.05) is 6.92 Å². The van der Waals surface area contributed by atoms with Crippen LogP contribution < -0.4 is 10.6 Å². The van der Waals surface area contributed by atoms with E-state index in [0.717, 1.165) is 0 Å². The molecule has 0 aromatic rings. The summed E-state index contributed by atoms with van der Waals surface area (Å²) >= 11 is 0. The molecule has 9 nitrogen and oxygen atoms in total. The highest BCUT2D eigenvalue weighted by Gasteiger charge is 2.19. The molecular weight excluding hydrogens is 260 g/mol. The molecular formula is C10H18N2O7. The van der Waals surface area contributed by atoms with E-state index in [0.29, 0.717) is 0 Å². The van der Waals surface area contributed by atoms with Crippen molar-refractivity contribution in [1.29, 1.82) is 0 Å². The summed E-state index contributed by atoms with van der Waals surface area (Å²) < 4.78 is 0. The number of rotatable bonds is 6. The minimum absolute atomic E-state index is 0.141. The number of amides is 2. The topological polar surface area (TPSA) is 153 Å². The smallest absolute Gasteiger partial charge is 0.326 e. The minimum atomic E-state index is -1.25. The van der Waals surface area contributed by atoms with E-state index in [-0.39, 0.29) is 19.3 Å².